The van der Waals surface area contributed by atoms with Crippen molar-refractivity contribution >= 4 is 11.6 Å². The Kier molecular flexibility index (Phi) is 3.89. The lowest BCUT2D eigenvalue weighted by Gasteiger charge is -2.11. The third kappa shape index (κ3) is 3.06. The second kappa shape index (κ2) is 5.61. The van der Waals surface area contributed by atoms with Gasteiger partial charge in [-0.25, -0.2) is 4.98 Å². The molecule has 2 aromatic rings. The van der Waals surface area contributed by atoms with E-state index in [2.05, 4.69) is 18.8 Å². The molecule has 1 heterocycles. The Morgan fingerprint density at radius 1 is 1.25 bits per heavy atom. The number of hydrogen-bond acceptors (Lipinski definition) is 4. The standard InChI is InChI=1S/C15H17N3O2/c1-9(2)10-4-3-5-11(8-10)20-15-12(16)6-7-13(18-15)14(17)19/h3-9H,16H2,1-2H3,(H2,17,19). The molecular formula is C15H17N3O2. The Morgan fingerprint density at radius 3 is 2.65 bits per heavy atom. The minimum Gasteiger partial charge on any atom is -0.437 e. The summed E-state index contributed by atoms with van der Waals surface area (Å²) < 4.78 is 5.65. The number of carbonyl (C=O) groups excluding carboxylic acids is 1. The van der Waals surface area contributed by atoms with Crippen LogP contribution in [0.1, 0.15) is 35.8 Å². The Labute approximate surface area is 117 Å². The molecule has 2 rings (SSSR count). The minimum absolute atomic E-state index is 0.120. The number of nitrogens with zero attached hydrogens (tertiary/aromatic N) is 1. The molecule has 0 saturated heterocycles. The van der Waals surface area contributed by atoms with Gasteiger partial charge in [-0.15, -0.1) is 0 Å². The van der Waals surface area contributed by atoms with E-state index in [0.717, 1.165) is 5.56 Å². The lowest BCUT2D eigenvalue weighted by atomic mass is 10.0. The maximum Gasteiger partial charge on any atom is 0.267 e. The van der Waals surface area contributed by atoms with Crippen LogP contribution in [-0.4, -0.2) is 10.9 Å². The van der Waals surface area contributed by atoms with Gasteiger partial charge in [0, 0.05) is 0 Å². The molecule has 1 aromatic carbocycles. The van der Waals surface area contributed by atoms with Gasteiger partial charge in [0.1, 0.15) is 11.4 Å². The number of anilines is 1. The van der Waals surface area contributed by atoms with Gasteiger partial charge in [-0.3, -0.25) is 4.79 Å². The molecule has 0 fully saturated rings. The van der Waals surface area contributed by atoms with E-state index in [1.54, 1.807) is 6.07 Å². The van der Waals surface area contributed by atoms with Gasteiger partial charge in [0.25, 0.3) is 5.91 Å². The van der Waals surface area contributed by atoms with Gasteiger partial charge in [-0.05, 0) is 35.7 Å². The SMILES string of the molecule is CC(C)c1cccc(Oc2nc(C(N)=O)ccc2N)c1. The highest BCUT2D eigenvalue weighted by atomic mass is 16.5. The van der Waals surface area contributed by atoms with E-state index in [1.165, 1.54) is 6.07 Å². The first-order chi connectivity index (χ1) is 9.47. The van der Waals surface area contributed by atoms with E-state index in [4.69, 9.17) is 16.2 Å². The maximum absolute atomic E-state index is 11.1. The Bertz CT molecular complexity index is 639. The van der Waals surface area contributed by atoms with E-state index >= 15 is 0 Å². The first kappa shape index (κ1) is 13.9. The van der Waals surface area contributed by atoms with Crippen molar-refractivity contribution in [2.24, 2.45) is 5.73 Å². The number of amides is 1. The minimum atomic E-state index is -0.620. The number of hydrogen-bond donors (Lipinski definition) is 2. The average molecular weight is 271 g/mol. The van der Waals surface area contributed by atoms with Crippen molar-refractivity contribution in [2.75, 3.05) is 5.73 Å². The summed E-state index contributed by atoms with van der Waals surface area (Å²) in [7, 11) is 0. The zero-order valence-corrected chi connectivity index (χ0v) is 11.5. The van der Waals surface area contributed by atoms with Crippen LogP contribution in [-0.2, 0) is 0 Å². The van der Waals surface area contributed by atoms with E-state index in [0.29, 0.717) is 17.4 Å². The van der Waals surface area contributed by atoms with Crippen LogP contribution in [0.25, 0.3) is 0 Å². The van der Waals surface area contributed by atoms with Gasteiger partial charge < -0.3 is 16.2 Å². The number of pyridine rings is 1. The summed E-state index contributed by atoms with van der Waals surface area (Å²) in [5, 5.41) is 0. The van der Waals surface area contributed by atoms with E-state index < -0.39 is 5.91 Å². The molecule has 20 heavy (non-hydrogen) atoms. The third-order valence-electron chi connectivity index (χ3n) is 2.88. The van der Waals surface area contributed by atoms with Crippen molar-refractivity contribution < 1.29 is 9.53 Å². The molecule has 0 atom stereocenters. The van der Waals surface area contributed by atoms with Crippen LogP contribution in [0.2, 0.25) is 0 Å². The monoisotopic (exact) mass is 271 g/mol. The predicted octanol–water partition coefficient (Wildman–Crippen LogP) is 2.68. The molecule has 0 saturated carbocycles. The van der Waals surface area contributed by atoms with Crippen LogP contribution in [0.4, 0.5) is 5.69 Å². The lowest BCUT2D eigenvalue weighted by molar-refractivity contribution is 0.0995. The molecular weight excluding hydrogens is 254 g/mol. The van der Waals surface area contributed by atoms with Gasteiger partial charge in [-0.1, -0.05) is 26.0 Å². The molecule has 0 aliphatic rings. The molecule has 104 valence electrons. The second-order valence-electron chi connectivity index (χ2n) is 4.78. The third-order valence-corrected chi connectivity index (χ3v) is 2.88. The van der Waals surface area contributed by atoms with Gasteiger partial charge in [0.05, 0.1) is 5.69 Å². The highest BCUT2D eigenvalue weighted by molar-refractivity contribution is 5.91. The number of nitrogens with two attached hydrogens (primary N) is 2. The summed E-state index contributed by atoms with van der Waals surface area (Å²) in [6.45, 7) is 4.19. The van der Waals surface area contributed by atoms with Crippen molar-refractivity contribution in [3.63, 3.8) is 0 Å². The van der Waals surface area contributed by atoms with Crippen LogP contribution >= 0.6 is 0 Å². The van der Waals surface area contributed by atoms with Crippen LogP contribution in [0.3, 0.4) is 0 Å². The maximum atomic E-state index is 11.1. The number of rotatable bonds is 4. The fourth-order valence-electron chi connectivity index (χ4n) is 1.72. The molecule has 0 radical (unpaired) electrons. The average Bonchev–Trinajstić information content (AvgIpc) is 2.41. The van der Waals surface area contributed by atoms with Gasteiger partial charge in [0.2, 0.25) is 5.88 Å². The molecule has 0 aliphatic carbocycles. The summed E-state index contributed by atoms with van der Waals surface area (Å²) in [6, 6.07) is 10.7. The summed E-state index contributed by atoms with van der Waals surface area (Å²) in [6.07, 6.45) is 0. The number of primary amides is 1. The predicted molar refractivity (Wildman–Crippen MR) is 77.8 cm³/mol. The molecule has 4 N–H and O–H groups in total. The highest BCUT2D eigenvalue weighted by Crippen LogP contribution is 2.27. The number of benzene rings is 1. The van der Waals surface area contributed by atoms with Crippen molar-refractivity contribution in [1.29, 1.82) is 0 Å². The molecule has 1 aromatic heterocycles. The largest absolute Gasteiger partial charge is 0.437 e. The van der Waals surface area contributed by atoms with E-state index in [1.807, 2.05) is 24.3 Å². The molecule has 5 nitrogen and oxygen atoms in total. The van der Waals surface area contributed by atoms with E-state index in [-0.39, 0.29) is 11.6 Å². The molecule has 0 aliphatic heterocycles. The molecule has 0 bridgehead atoms. The smallest absolute Gasteiger partial charge is 0.267 e. The highest BCUT2D eigenvalue weighted by Gasteiger charge is 2.10. The first-order valence-electron chi connectivity index (χ1n) is 6.31. The quantitative estimate of drug-likeness (QED) is 0.894. The second-order valence-corrected chi connectivity index (χ2v) is 4.78. The Balaban J connectivity index is 2.32. The van der Waals surface area contributed by atoms with E-state index in [9.17, 15) is 4.79 Å². The Morgan fingerprint density at radius 2 is 2.00 bits per heavy atom. The number of nitrogen functional groups attached to an aromatic ring is 1. The van der Waals surface area contributed by atoms with Crippen LogP contribution in [0.15, 0.2) is 36.4 Å². The van der Waals surface area contributed by atoms with Crippen molar-refractivity contribution in [2.45, 2.75) is 19.8 Å². The normalized spacial score (nSPS) is 10.6. The fraction of sp³-hybridized carbons (Fsp3) is 0.200. The summed E-state index contributed by atoms with van der Waals surface area (Å²) in [5.74, 6) is 0.575. The Hall–Kier alpha value is -2.56. The molecule has 0 spiro atoms. The molecule has 1 amide bonds. The van der Waals surface area contributed by atoms with Gasteiger partial charge in [-0.2, -0.15) is 0 Å². The van der Waals surface area contributed by atoms with Crippen LogP contribution in [0.5, 0.6) is 11.6 Å². The number of aromatic nitrogens is 1. The van der Waals surface area contributed by atoms with Gasteiger partial charge >= 0.3 is 0 Å². The number of carbonyl (C=O) groups is 1. The summed E-state index contributed by atoms with van der Waals surface area (Å²) >= 11 is 0. The van der Waals surface area contributed by atoms with Crippen molar-refractivity contribution in [3.8, 4) is 11.6 Å². The first-order valence-corrected chi connectivity index (χ1v) is 6.31. The topological polar surface area (TPSA) is 91.2 Å². The fourth-order valence-corrected chi connectivity index (χ4v) is 1.72. The lowest BCUT2D eigenvalue weighted by Crippen LogP contribution is -2.13. The number of ether oxygens (including phenoxy) is 1. The zero-order valence-electron chi connectivity index (χ0n) is 11.5. The van der Waals surface area contributed by atoms with Gasteiger partial charge in [0.15, 0.2) is 0 Å². The van der Waals surface area contributed by atoms with Crippen LogP contribution in [0, 0.1) is 0 Å². The zero-order chi connectivity index (χ0) is 14.7. The summed E-state index contributed by atoms with van der Waals surface area (Å²) in [5.41, 5.74) is 12.6. The molecule has 5 heteroatoms. The summed E-state index contributed by atoms with van der Waals surface area (Å²) in [4.78, 5) is 15.1. The van der Waals surface area contributed by atoms with Crippen molar-refractivity contribution in [1.82, 2.24) is 4.98 Å². The van der Waals surface area contributed by atoms with Crippen molar-refractivity contribution in [3.05, 3.63) is 47.7 Å². The van der Waals surface area contributed by atoms with Crippen LogP contribution < -0.4 is 16.2 Å². The molecule has 0 unspecified atom stereocenters.